The number of alkyl halides is 3. The van der Waals surface area contributed by atoms with Crippen molar-refractivity contribution in [3.8, 4) is 11.3 Å². The maximum atomic E-state index is 13.9. The van der Waals surface area contributed by atoms with Gasteiger partial charge in [-0.2, -0.15) is 18.3 Å². The van der Waals surface area contributed by atoms with E-state index in [1.807, 2.05) is 12.1 Å². The van der Waals surface area contributed by atoms with Crippen molar-refractivity contribution in [2.45, 2.75) is 6.18 Å². The lowest BCUT2D eigenvalue weighted by Gasteiger charge is -2.34. The van der Waals surface area contributed by atoms with Crippen LogP contribution in [0.5, 0.6) is 0 Å². The molecule has 180 valence electrons. The predicted molar refractivity (Wildman–Crippen MR) is 120 cm³/mol. The van der Waals surface area contributed by atoms with Gasteiger partial charge in [0.2, 0.25) is 0 Å². The van der Waals surface area contributed by atoms with Crippen molar-refractivity contribution in [2.24, 2.45) is 0 Å². The van der Waals surface area contributed by atoms with Crippen LogP contribution in [0.1, 0.15) is 16.1 Å². The summed E-state index contributed by atoms with van der Waals surface area (Å²) in [7, 11) is 2.08. The van der Waals surface area contributed by atoms with Gasteiger partial charge in [0.25, 0.3) is 5.91 Å². The summed E-state index contributed by atoms with van der Waals surface area (Å²) in [5.41, 5.74) is 0.657. The monoisotopic (exact) mass is 474 g/mol. The van der Waals surface area contributed by atoms with Gasteiger partial charge in [-0.1, -0.05) is 12.1 Å². The van der Waals surface area contributed by atoms with Crippen molar-refractivity contribution in [3.63, 3.8) is 0 Å². The molecular formula is C23H25F3N6O2. The molecule has 0 unspecified atom stereocenters. The summed E-state index contributed by atoms with van der Waals surface area (Å²) < 4.78 is 47.7. The number of likely N-dealkylation sites (N-methyl/N-ethyl adjacent to an activating group) is 1. The van der Waals surface area contributed by atoms with Crippen LogP contribution in [0.25, 0.3) is 16.9 Å². The summed E-state index contributed by atoms with van der Waals surface area (Å²) >= 11 is 0. The minimum Gasteiger partial charge on any atom is -0.378 e. The first kappa shape index (κ1) is 22.6. The maximum Gasteiger partial charge on any atom is 0.433 e. The molecule has 2 saturated heterocycles. The molecule has 0 atom stereocenters. The molecular weight excluding hydrogens is 449 g/mol. The van der Waals surface area contributed by atoms with Crippen molar-refractivity contribution >= 4 is 17.2 Å². The molecule has 4 heterocycles. The summed E-state index contributed by atoms with van der Waals surface area (Å²) in [6.07, 6.45) is -3.50. The number of carbonyl (C=O) groups excluding carboxylic acids is 1. The number of carbonyl (C=O) groups is 1. The Kier molecular flexibility index (Phi) is 5.90. The van der Waals surface area contributed by atoms with E-state index in [1.54, 1.807) is 17.0 Å². The minimum absolute atomic E-state index is 0.0447. The van der Waals surface area contributed by atoms with Crippen LogP contribution < -0.4 is 4.90 Å². The minimum atomic E-state index is -4.67. The number of hydrogen-bond acceptors (Lipinski definition) is 6. The molecule has 0 bridgehead atoms. The highest BCUT2D eigenvalue weighted by molar-refractivity contribution is 6.00. The lowest BCUT2D eigenvalue weighted by Crippen LogP contribution is -2.44. The van der Waals surface area contributed by atoms with Gasteiger partial charge in [0.1, 0.15) is 5.56 Å². The summed E-state index contributed by atoms with van der Waals surface area (Å²) in [6, 6.07) is 8.32. The molecule has 11 heteroatoms. The number of benzene rings is 1. The molecule has 0 saturated carbocycles. The number of ether oxygens (including phenoxy) is 1. The average Bonchev–Trinajstić information content (AvgIpc) is 3.27. The zero-order valence-corrected chi connectivity index (χ0v) is 18.8. The molecule has 1 amide bonds. The van der Waals surface area contributed by atoms with Gasteiger partial charge in [-0.15, -0.1) is 0 Å². The third-order valence-corrected chi connectivity index (χ3v) is 6.32. The van der Waals surface area contributed by atoms with Crippen LogP contribution in [0, 0.1) is 0 Å². The van der Waals surface area contributed by atoms with E-state index in [0.29, 0.717) is 36.4 Å². The Bertz CT molecular complexity index is 1180. The first-order chi connectivity index (χ1) is 16.3. The van der Waals surface area contributed by atoms with E-state index in [-0.39, 0.29) is 16.9 Å². The highest BCUT2D eigenvalue weighted by Crippen LogP contribution is 2.33. The standard InChI is InChI=1S/C23H25F3N6O2/c1-29-6-8-30(9-7-29)17-4-2-16(3-5-17)19-14-20(23(24,25)26)32-21(28-19)18(15-27-32)22(33)31-10-12-34-13-11-31/h2-5,14-15H,6-13H2,1H3. The molecule has 8 nitrogen and oxygen atoms in total. The summed E-state index contributed by atoms with van der Waals surface area (Å²) in [5, 5.41) is 3.86. The van der Waals surface area contributed by atoms with E-state index in [2.05, 4.69) is 26.9 Å². The number of amides is 1. The molecule has 0 spiro atoms. The molecule has 34 heavy (non-hydrogen) atoms. The number of anilines is 1. The number of hydrogen-bond donors (Lipinski definition) is 0. The fraction of sp³-hybridized carbons (Fsp3) is 0.435. The van der Waals surface area contributed by atoms with Gasteiger partial charge < -0.3 is 19.4 Å². The Labute approximate surface area is 194 Å². The zero-order chi connectivity index (χ0) is 23.9. The molecule has 2 aliphatic heterocycles. The topological polar surface area (TPSA) is 66.2 Å². The summed E-state index contributed by atoms with van der Waals surface area (Å²) in [6.45, 7) is 5.20. The van der Waals surface area contributed by atoms with E-state index in [1.165, 1.54) is 0 Å². The van der Waals surface area contributed by atoms with Crippen molar-refractivity contribution in [1.29, 1.82) is 0 Å². The third-order valence-electron chi connectivity index (χ3n) is 6.32. The first-order valence-corrected chi connectivity index (χ1v) is 11.2. The summed E-state index contributed by atoms with van der Waals surface area (Å²) in [5.74, 6) is -0.401. The highest BCUT2D eigenvalue weighted by Gasteiger charge is 2.36. The van der Waals surface area contributed by atoms with Crippen LogP contribution in [0.15, 0.2) is 36.5 Å². The Balaban J connectivity index is 1.52. The second kappa shape index (κ2) is 8.88. The van der Waals surface area contributed by atoms with Crippen LogP contribution in [0.2, 0.25) is 0 Å². The van der Waals surface area contributed by atoms with Gasteiger partial charge in [0.05, 0.1) is 25.1 Å². The van der Waals surface area contributed by atoms with E-state index in [9.17, 15) is 18.0 Å². The summed E-state index contributed by atoms with van der Waals surface area (Å²) in [4.78, 5) is 23.5. The molecule has 2 fully saturated rings. The SMILES string of the molecule is CN1CCN(c2ccc(-c3cc(C(F)(F)F)n4ncc(C(=O)N5CCOCC5)c4n3)cc2)CC1. The smallest absolute Gasteiger partial charge is 0.378 e. The first-order valence-electron chi connectivity index (χ1n) is 11.2. The van der Waals surface area contributed by atoms with Crippen LogP contribution >= 0.6 is 0 Å². The van der Waals surface area contributed by atoms with Gasteiger partial charge in [0, 0.05) is 50.5 Å². The van der Waals surface area contributed by atoms with E-state index in [0.717, 1.165) is 44.1 Å². The second-order valence-corrected chi connectivity index (χ2v) is 8.56. The molecule has 0 N–H and O–H groups in total. The lowest BCUT2D eigenvalue weighted by atomic mass is 10.1. The van der Waals surface area contributed by atoms with Gasteiger partial charge in [0.15, 0.2) is 11.3 Å². The Morgan fingerprint density at radius 1 is 1.00 bits per heavy atom. The number of aromatic nitrogens is 3. The van der Waals surface area contributed by atoms with Crippen molar-refractivity contribution in [1.82, 2.24) is 24.4 Å². The van der Waals surface area contributed by atoms with Gasteiger partial charge in [-0.25, -0.2) is 9.50 Å². The number of piperazine rings is 1. The Morgan fingerprint density at radius 3 is 2.32 bits per heavy atom. The Morgan fingerprint density at radius 2 is 1.68 bits per heavy atom. The van der Waals surface area contributed by atoms with Crippen molar-refractivity contribution in [2.75, 3.05) is 64.4 Å². The largest absolute Gasteiger partial charge is 0.433 e. The number of nitrogens with zero attached hydrogens (tertiary/aromatic N) is 6. The lowest BCUT2D eigenvalue weighted by molar-refractivity contribution is -0.142. The molecule has 2 aromatic heterocycles. The molecule has 1 aromatic carbocycles. The predicted octanol–water partition coefficient (Wildman–Crippen LogP) is 2.64. The molecule has 0 radical (unpaired) electrons. The molecule has 3 aromatic rings. The normalized spacial score (nSPS) is 18.0. The van der Waals surface area contributed by atoms with Gasteiger partial charge in [-0.05, 0) is 25.2 Å². The van der Waals surface area contributed by atoms with Crippen LogP contribution in [0.4, 0.5) is 18.9 Å². The van der Waals surface area contributed by atoms with Gasteiger partial charge >= 0.3 is 6.18 Å². The van der Waals surface area contributed by atoms with Crippen LogP contribution in [0.3, 0.4) is 0 Å². The van der Waals surface area contributed by atoms with E-state index < -0.39 is 17.8 Å². The average molecular weight is 474 g/mol. The van der Waals surface area contributed by atoms with E-state index >= 15 is 0 Å². The van der Waals surface area contributed by atoms with Crippen LogP contribution in [-0.4, -0.2) is 89.8 Å². The fourth-order valence-electron chi connectivity index (χ4n) is 4.31. The van der Waals surface area contributed by atoms with Crippen LogP contribution in [-0.2, 0) is 10.9 Å². The number of morpholine rings is 1. The van der Waals surface area contributed by atoms with Crippen molar-refractivity contribution < 1.29 is 22.7 Å². The fourth-order valence-corrected chi connectivity index (χ4v) is 4.31. The molecule has 0 aliphatic carbocycles. The number of halogens is 3. The van der Waals surface area contributed by atoms with Crippen molar-refractivity contribution in [3.05, 3.63) is 47.8 Å². The maximum absolute atomic E-state index is 13.9. The quantitative estimate of drug-likeness (QED) is 0.582. The molecule has 2 aliphatic rings. The molecule has 5 rings (SSSR count). The zero-order valence-electron chi connectivity index (χ0n) is 18.8. The number of fused-ring (bicyclic) bond motifs is 1. The number of rotatable bonds is 3. The second-order valence-electron chi connectivity index (χ2n) is 8.56. The van der Waals surface area contributed by atoms with E-state index in [4.69, 9.17) is 4.74 Å². The third kappa shape index (κ3) is 4.32. The van der Waals surface area contributed by atoms with Gasteiger partial charge in [-0.3, -0.25) is 4.79 Å². The highest BCUT2D eigenvalue weighted by atomic mass is 19.4. The Hall–Kier alpha value is -3.18.